The molecule has 0 radical (unpaired) electrons. The smallest absolute Gasteiger partial charge is 0.252 e. The summed E-state index contributed by atoms with van der Waals surface area (Å²) in [5.41, 5.74) is 2.02. The molecule has 150 valence electrons. The van der Waals surface area contributed by atoms with Crippen molar-refractivity contribution < 1.29 is 9.53 Å². The van der Waals surface area contributed by atoms with Crippen LogP contribution in [0.1, 0.15) is 29.6 Å². The molecule has 2 aromatic carbocycles. The molecule has 9 heteroatoms. The quantitative estimate of drug-likeness (QED) is 0.628. The zero-order chi connectivity index (χ0) is 20.4. The van der Waals surface area contributed by atoms with Crippen molar-refractivity contribution >= 4 is 41.0 Å². The van der Waals surface area contributed by atoms with Crippen LogP contribution < -0.4 is 10.6 Å². The van der Waals surface area contributed by atoms with Crippen molar-refractivity contribution in [1.82, 2.24) is 14.8 Å². The first-order valence-corrected chi connectivity index (χ1v) is 9.82. The van der Waals surface area contributed by atoms with Gasteiger partial charge in [-0.25, -0.2) is 4.68 Å². The molecule has 0 spiro atoms. The number of anilines is 2. The number of ether oxygens (including phenoxy) is 1. The monoisotopic (exact) mass is 431 g/mol. The fourth-order valence-corrected chi connectivity index (χ4v) is 3.83. The highest BCUT2D eigenvalue weighted by Gasteiger charge is 2.32. The van der Waals surface area contributed by atoms with Crippen molar-refractivity contribution in [3.05, 3.63) is 69.7 Å². The molecule has 0 saturated carbocycles. The summed E-state index contributed by atoms with van der Waals surface area (Å²) in [6.45, 7) is -0.0708. The number of hydrogen-bond donors (Lipinski definition) is 2. The maximum atomic E-state index is 11.9. The number of benzene rings is 2. The summed E-state index contributed by atoms with van der Waals surface area (Å²) in [6, 6.07) is 15.2. The summed E-state index contributed by atoms with van der Waals surface area (Å²) in [4.78, 5) is 16.3. The van der Waals surface area contributed by atoms with Crippen molar-refractivity contribution in [3.8, 4) is 0 Å². The molecule has 1 amide bonds. The van der Waals surface area contributed by atoms with Gasteiger partial charge >= 0.3 is 0 Å². The third-order valence-electron chi connectivity index (χ3n) is 4.75. The first kappa shape index (κ1) is 19.7. The Hall–Kier alpha value is -2.61. The van der Waals surface area contributed by atoms with Crippen LogP contribution in [0.25, 0.3) is 0 Å². The molecule has 2 N–H and O–H groups in total. The van der Waals surface area contributed by atoms with E-state index in [1.54, 1.807) is 4.68 Å². The Kier molecular flexibility index (Phi) is 5.71. The molecule has 0 bridgehead atoms. The van der Waals surface area contributed by atoms with Crippen molar-refractivity contribution in [3.63, 3.8) is 0 Å². The van der Waals surface area contributed by atoms with Gasteiger partial charge in [0.2, 0.25) is 5.95 Å². The van der Waals surface area contributed by atoms with Crippen molar-refractivity contribution in [2.24, 2.45) is 0 Å². The van der Waals surface area contributed by atoms with Gasteiger partial charge in [0.05, 0.1) is 12.1 Å². The minimum Gasteiger partial charge on any atom is -0.375 e. The van der Waals surface area contributed by atoms with Gasteiger partial charge in [-0.2, -0.15) is 4.98 Å². The highest BCUT2D eigenvalue weighted by Crippen LogP contribution is 2.40. The van der Waals surface area contributed by atoms with Gasteiger partial charge < -0.3 is 10.1 Å². The summed E-state index contributed by atoms with van der Waals surface area (Å²) in [7, 11) is 1.46. The topological polar surface area (TPSA) is 81.1 Å². The SMILES string of the molecule is COCC(=O)Nc1nc2n(n1)[C@H](c1ccccc1Cl)C[C@@H](c1ccc(Cl)cc1)N2. The van der Waals surface area contributed by atoms with Crippen LogP contribution >= 0.6 is 23.2 Å². The van der Waals surface area contributed by atoms with Gasteiger partial charge in [0.15, 0.2) is 0 Å². The average Bonchev–Trinajstić information content (AvgIpc) is 3.10. The van der Waals surface area contributed by atoms with Crippen LogP contribution in [0.5, 0.6) is 0 Å². The maximum absolute atomic E-state index is 11.9. The minimum atomic E-state index is -0.320. The van der Waals surface area contributed by atoms with Gasteiger partial charge in [0.25, 0.3) is 11.9 Å². The average molecular weight is 432 g/mol. The summed E-state index contributed by atoms with van der Waals surface area (Å²) in [5, 5.41) is 11.9. The molecule has 0 aliphatic carbocycles. The number of hydrogen-bond acceptors (Lipinski definition) is 5. The van der Waals surface area contributed by atoms with E-state index in [-0.39, 0.29) is 30.5 Å². The van der Waals surface area contributed by atoms with E-state index in [2.05, 4.69) is 20.7 Å². The third-order valence-corrected chi connectivity index (χ3v) is 5.35. The summed E-state index contributed by atoms with van der Waals surface area (Å²) >= 11 is 12.5. The molecule has 1 aromatic heterocycles. The predicted molar refractivity (Wildman–Crippen MR) is 113 cm³/mol. The molecule has 29 heavy (non-hydrogen) atoms. The summed E-state index contributed by atoms with van der Waals surface area (Å²) < 4.78 is 6.61. The lowest BCUT2D eigenvalue weighted by atomic mass is 9.93. The lowest BCUT2D eigenvalue weighted by molar-refractivity contribution is -0.119. The van der Waals surface area contributed by atoms with E-state index in [9.17, 15) is 4.79 Å². The van der Waals surface area contributed by atoms with E-state index >= 15 is 0 Å². The lowest BCUT2D eigenvalue weighted by Gasteiger charge is -2.32. The Morgan fingerprint density at radius 3 is 2.72 bits per heavy atom. The number of amides is 1. The number of nitrogens with one attached hydrogen (secondary N) is 2. The molecule has 2 heterocycles. The standard InChI is InChI=1S/C20H19Cl2N5O2/c1-29-11-18(28)24-19-25-20-23-16(12-6-8-13(21)9-7-12)10-17(27(20)26-19)14-4-2-3-5-15(14)22/h2-9,16-17H,10-11H2,1H3,(H2,23,24,25,26,28)/t16-,17-/m0/s1. The minimum absolute atomic E-state index is 0.0206. The Labute approximate surface area is 178 Å². The van der Waals surface area contributed by atoms with Gasteiger partial charge in [-0.15, -0.1) is 5.10 Å². The van der Waals surface area contributed by atoms with Crippen molar-refractivity contribution in [1.29, 1.82) is 0 Å². The highest BCUT2D eigenvalue weighted by atomic mass is 35.5. The van der Waals surface area contributed by atoms with Gasteiger partial charge in [0, 0.05) is 17.2 Å². The zero-order valence-corrected chi connectivity index (χ0v) is 17.1. The molecule has 7 nitrogen and oxygen atoms in total. The highest BCUT2D eigenvalue weighted by molar-refractivity contribution is 6.31. The molecule has 0 unspecified atom stereocenters. The van der Waals surface area contributed by atoms with Crippen LogP contribution in [0, 0.1) is 0 Å². The fourth-order valence-electron chi connectivity index (χ4n) is 3.44. The van der Waals surface area contributed by atoms with Crippen LogP contribution in [0.2, 0.25) is 10.0 Å². The number of aromatic nitrogens is 3. The summed E-state index contributed by atoms with van der Waals surface area (Å²) in [6.07, 6.45) is 0.702. The van der Waals surface area contributed by atoms with E-state index in [4.69, 9.17) is 27.9 Å². The van der Waals surface area contributed by atoms with Gasteiger partial charge in [-0.3, -0.25) is 10.1 Å². The molecule has 4 rings (SSSR count). The van der Waals surface area contributed by atoms with Crippen LogP contribution in [-0.2, 0) is 9.53 Å². The molecule has 3 aromatic rings. The number of nitrogens with zero attached hydrogens (tertiary/aromatic N) is 3. The Morgan fingerprint density at radius 2 is 2.00 bits per heavy atom. The van der Waals surface area contributed by atoms with E-state index in [0.29, 0.717) is 22.4 Å². The molecule has 1 aliphatic heterocycles. The van der Waals surface area contributed by atoms with Gasteiger partial charge in [-0.05, 0) is 35.7 Å². The largest absolute Gasteiger partial charge is 0.375 e. The third kappa shape index (κ3) is 4.22. The summed E-state index contributed by atoms with van der Waals surface area (Å²) in [5.74, 6) is 0.441. The normalized spacial score (nSPS) is 18.0. The fraction of sp³-hybridized carbons (Fsp3) is 0.250. The molecule has 1 aliphatic rings. The second-order valence-electron chi connectivity index (χ2n) is 6.71. The van der Waals surface area contributed by atoms with E-state index in [0.717, 1.165) is 11.1 Å². The Balaban J connectivity index is 1.72. The number of rotatable bonds is 5. The predicted octanol–water partition coefficient (Wildman–Crippen LogP) is 4.32. The van der Waals surface area contributed by atoms with Crippen LogP contribution in [0.3, 0.4) is 0 Å². The lowest BCUT2D eigenvalue weighted by Crippen LogP contribution is -2.28. The number of halogens is 2. The van der Waals surface area contributed by atoms with E-state index in [1.807, 2.05) is 48.5 Å². The molecule has 0 fully saturated rings. The molecular weight excluding hydrogens is 413 g/mol. The van der Waals surface area contributed by atoms with Crippen LogP contribution in [0.15, 0.2) is 48.5 Å². The Bertz CT molecular complexity index is 1020. The number of carbonyl (C=O) groups is 1. The number of methoxy groups -OCH3 is 1. The van der Waals surface area contributed by atoms with E-state index in [1.165, 1.54) is 7.11 Å². The first-order valence-electron chi connectivity index (χ1n) is 9.07. The van der Waals surface area contributed by atoms with E-state index < -0.39 is 0 Å². The zero-order valence-electron chi connectivity index (χ0n) is 15.6. The van der Waals surface area contributed by atoms with Gasteiger partial charge in [0.1, 0.15) is 6.61 Å². The maximum Gasteiger partial charge on any atom is 0.252 e. The van der Waals surface area contributed by atoms with Gasteiger partial charge in [-0.1, -0.05) is 53.5 Å². The van der Waals surface area contributed by atoms with Crippen molar-refractivity contribution in [2.75, 3.05) is 24.4 Å². The second kappa shape index (κ2) is 8.41. The van der Waals surface area contributed by atoms with Crippen LogP contribution in [-0.4, -0.2) is 34.4 Å². The first-order chi connectivity index (χ1) is 14.0. The van der Waals surface area contributed by atoms with Crippen molar-refractivity contribution in [2.45, 2.75) is 18.5 Å². The number of fused-ring (bicyclic) bond motifs is 1. The molecule has 0 saturated heterocycles. The molecular formula is C20H19Cl2N5O2. The molecule has 2 atom stereocenters. The van der Waals surface area contributed by atoms with Crippen LogP contribution in [0.4, 0.5) is 11.9 Å². The second-order valence-corrected chi connectivity index (χ2v) is 7.55. The Morgan fingerprint density at radius 1 is 1.24 bits per heavy atom. The number of carbonyl (C=O) groups excluding carboxylic acids is 1.